The van der Waals surface area contributed by atoms with Crippen molar-refractivity contribution in [2.45, 2.75) is 24.4 Å². The summed E-state index contributed by atoms with van der Waals surface area (Å²) in [5.41, 5.74) is 6.15. The van der Waals surface area contributed by atoms with Crippen molar-refractivity contribution in [3.8, 4) is 0 Å². The molecule has 9 heteroatoms. The fourth-order valence-electron chi connectivity index (χ4n) is 1.95. The number of carbonyl (C=O) groups is 1. The van der Waals surface area contributed by atoms with Crippen LogP contribution >= 0.6 is 11.3 Å². The summed E-state index contributed by atoms with van der Waals surface area (Å²) in [4.78, 5) is 15.8. The number of hydrogen-bond acceptors (Lipinski definition) is 6. The number of benzene rings is 1. The van der Waals surface area contributed by atoms with Crippen LogP contribution in [0, 0.1) is 5.82 Å². The lowest BCUT2D eigenvalue weighted by atomic mass is 10.1. The maximum absolute atomic E-state index is 13.9. The molecular formula is C14H16FN3O3S2. The van der Waals surface area contributed by atoms with Crippen LogP contribution in [0.4, 0.5) is 4.39 Å². The van der Waals surface area contributed by atoms with Crippen LogP contribution in [0.15, 0.2) is 28.5 Å². The van der Waals surface area contributed by atoms with Crippen molar-refractivity contribution < 1.29 is 17.6 Å². The van der Waals surface area contributed by atoms with Crippen molar-refractivity contribution in [3.63, 3.8) is 0 Å². The van der Waals surface area contributed by atoms with Crippen molar-refractivity contribution in [2.24, 2.45) is 5.73 Å². The topological polar surface area (TPSA) is 102 Å². The minimum absolute atomic E-state index is 0.246. The number of rotatable bonds is 5. The van der Waals surface area contributed by atoms with Gasteiger partial charge in [-0.3, -0.25) is 4.79 Å². The number of hydrogen-bond donors (Lipinski definition) is 2. The van der Waals surface area contributed by atoms with Gasteiger partial charge in [-0.15, -0.1) is 11.3 Å². The summed E-state index contributed by atoms with van der Waals surface area (Å²) in [5, 5.41) is 4.92. The van der Waals surface area contributed by atoms with E-state index in [0.717, 1.165) is 12.3 Å². The molecule has 0 bridgehead atoms. The molecule has 0 saturated carbocycles. The Labute approximate surface area is 137 Å². The SMILES string of the molecule is CC(NC(=O)c1csc(CN)n1)c1ccc(S(C)(=O)=O)c(F)c1. The average Bonchev–Trinajstić information content (AvgIpc) is 2.94. The molecule has 0 aliphatic carbocycles. The van der Waals surface area contributed by atoms with Crippen LogP contribution in [0.1, 0.15) is 34.0 Å². The van der Waals surface area contributed by atoms with Crippen LogP contribution in [-0.4, -0.2) is 25.6 Å². The van der Waals surface area contributed by atoms with E-state index in [-0.39, 0.29) is 17.1 Å². The zero-order chi connectivity index (χ0) is 17.2. The molecule has 124 valence electrons. The lowest BCUT2D eigenvalue weighted by Gasteiger charge is -2.14. The number of nitrogens with two attached hydrogens (primary N) is 1. The molecule has 1 atom stereocenters. The molecule has 1 amide bonds. The van der Waals surface area contributed by atoms with Crippen LogP contribution in [0.25, 0.3) is 0 Å². The number of aromatic nitrogens is 1. The number of carbonyl (C=O) groups excluding carboxylic acids is 1. The zero-order valence-electron chi connectivity index (χ0n) is 12.5. The second kappa shape index (κ2) is 6.73. The summed E-state index contributed by atoms with van der Waals surface area (Å²) < 4.78 is 36.7. The molecule has 1 heterocycles. The number of nitrogens with one attached hydrogen (secondary N) is 1. The van der Waals surface area contributed by atoms with Gasteiger partial charge in [-0.25, -0.2) is 17.8 Å². The highest BCUT2D eigenvalue weighted by Gasteiger charge is 2.18. The van der Waals surface area contributed by atoms with Crippen LogP contribution in [-0.2, 0) is 16.4 Å². The van der Waals surface area contributed by atoms with Gasteiger partial charge in [-0.2, -0.15) is 0 Å². The molecule has 6 nitrogen and oxygen atoms in total. The lowest BCUT2D eigenvalue weighted by Crippen LogP contribution is -2.27. The Morgan fingerprint density at radius 1 is 1.48 bits per heavy atom. The highest BCUT2D eigenvalue weighted by molar-refractivity contribution is 7.90. The zero-order valence-corrected chi connectivity index (χ0v) is 14.2. The normalized spacial score (nSPS) is 12.9. The molecule has 2 aromatic rings. The van der Waals surface area contributed by atoms with Crippen LogP contribution < -0.4 is 11.1 Å². The van der Waals surface area contributed by atoms with Crippen molar-refractivity contribution in [3.05, 3.63) is 45.7 Å². The van der Waals surface area contributed by atoms with E-state index in [4.69, 9.17) is 5.73 Å². The molecule has 1 aromatic carbocycles. The Morgan fingerprint density at radius 2 is 2.17 bits per heavy atom. The molecular weight excluding hydrogens is 341 g/mol. The smallest absolute Gasteiger partial charge is 0.271 e. The molecule has 0 saturated heterocycles. The molecule has 23 heavy (non-hydrogen) atoms. The number of sulfone groups is 1. The first-order valence-electron chi connectivity index (χ1n) is 6.67. The molecule has 0 aliphatic rings. The summed E-state index contributed by atoms with van der Waals surface area (Å²) in [6.45, 7) is 1.93. The minimum Gasteiger partial charge on any atom is -0.344 e. The summed E-state index contributed by atoms with van der Waals surface area (Å²) in [6.07, 6.45) is 0.938. The van der Waals surface area contributed by atoms with E-state index in [1.54, 1.807) is 12.3 Å². The number of halogens is 1. The van der Waals surface area contributed by atoms with E-state index in [1.807, 2.05) is 0 Å². The molecule has 0 spiro atoms. The second-order valence-electron chi connectivity index (χ2n) is 4.99. The fraction of sp³-hybridized carbons (Fsp3) is 0.286. The highest BCUT2D eigenvalue weighted by Crippen LogP contribution is 2.20. The van der Waals surface area contributed by atoms with E-state index in [0.29, 0.717) is 10.6 Å². The quantitative estimate of drug-likeness (QED) is 0.847. The summed E-state index contributed by atoms with van der Waals surface area (Å²) in [7, 11) is -3.62. The van der Waals surface area contributed by atoms with Crippen LogP contribution in [0.5, 0.6) is 0 Å². The summed E-state index contributed by atoms with van der Waals surface area (Å²) >= 11 is 1.28. The Balaban J connectivity index is 2.16. The predicted octanol–water partition coefficient (Wildman–Crippen LogP) is 1.64. The van der Waals surface area contributed by atoms with E-state index in [1.165, 1.54) is 23.5 Å². The third-order valence-corrected chi connectivity index (χ3v) is 5.16. The predicted molar refractivity (Wildman–Crippen MR) is 85.4 cm³/mol. The third kappa shape index (κ3) is 4.12. The molecule has 0 fully saturated rings. The number of thiazole rings is 1. The van der Waals surface area contributed by atoms with Gasteiger partial charge in [0.2, 0.25) is 0 Å². The summed E-state index contributed by atoms with van der Waals surface area (Å²) in [5.74, 6) is -1.24. The van der Waals surface area contributed by atoms with Crippen LogP contribution in [0.2, 0.25) is 0 Å². The van der Waals surface area contributed by atoms with E-state index >= 15 is 0 Å². The van der Waals surface area contributed by atoms with Gasteiger partial charge in [0.25, 0.3) is 5.91 Å². The van der Waals surface area contributed by atoms with E-state index < -0.39 is 27.6 Å². The molecule has 2 rings (SSSR count). The van der Waals surface area contributed by atoms with Gasteiger partial charge in [0.05, 0.1) is 6.04 Å². The number of nitrogens with zero attached hydrogens (tertiary/aromatic N) is 1. The monoisotopic (exact) mass is 357 g/mol. The maximum atomic E-state index is 13.9. The van der Waals surface area contributed by atoms with Crippen LogP contribution in [0.3, 0.4) is 0 Å². The second-order valence-corrected chi connectivity index (χ2v) is 7.91. The van der Waals surface area contributed by atoms with Crippen molar-refractivity contribution in [1.29, 1.82) is 0 Å². The average molecular weight is 357 g/mol. The molecule has 1 unspecified atom stereocenters. The molecule has 1 aromatic heterocycles. The Hall–Kier alpha value is -1.84. The van der Waals surface area contributed by atoms with E-state index in [9.17, 15) is 17.6 Å². The third-order valence-electron chi connectivity index (χ3n) is 3.16. The highest BCUT2D eigenvalue weighted by atomic mass is 32.2. The van der Waals surface area contributed by atoms with Gasteiger partial charge in [-0.1, -0.05) is 6.07 Å². The molecule has 0 radical (unpaired) electrons. The Bertz CT molecular complexity index is 834. The fourth-order valence-corrected chi connectivity index (χ4v) is 3.33. The standard InChI is InChI=1S/C14H16FN3O3S2/c1-8(17-14(19)11-7-22-13(6-16)18-11)9-3-4-12(10(15)5-9)23(2,20)21/h3-5,7-8H,6,16H2,1-2H3,(H,17,19). The van der Waals surface area contributed by atoms with Gasteiger partial charge >= 0.3 is 0 Å². The molecule has 3 N–H and O–H groups in total. The van der Waals surface area contributed by atoms with Crippen molar-refractivity contribution in [1.82, 2.24) is 10.3 Å². The lowest BCUT2D eigenvalue weighted by molar-refractivity contribution is 0.0935. The molecule has 0 aliphatic heterocycles. The summed E-state index contributed by atoms with van der Waals surface area (Å²) in [6, 6.07) is 3.26. The van der Waals surface area contributed by atoms with Gasteiger partial charge in [0.1, 0.15) is 21.4 Å². The van der Waals surface area contributed by atoms with Gasteiger partial charge in [0, 0.05) is 18.2 Å². The number of amides is 1. The van der Waals surface area contributed by atoms with E-state index in [2.05, 4.69) is 10.3 Å². The minimum atomic E-state index is -3.62. The Kier molecular flexibility index (Phi) is 5.12. The Morgan fingerprint density at radius 3 is 2.70 bits per heavy atom. The maximum Gasteiger partial charge on any atom is 0.271 e. The van der Waals surface area contributed by atoms with Gasteiger partial charge < -0.3 is 11.1 Å². The van der Waals surface area contributed by atoms with Gasteiger partial charge in [-0.05, 0) is 24.6 Å². The first kappa shape index (κ1) is 17.5. The first-order valence-corrected chi connectivity index (χ1v) is 9.44. The first-order chi connectivity index (χ1) is 10.7. The van der Waals surface area contributed by atoms with Crippen molar-refractivity contribution in [2.75, 3.05) is 6.26 Å². The largest absolute Gasteiger partial charge is 0.344 e. The van der Waals surface area contributed by atoms with Gasteiger partial charge in [0.15, 0.2) is 9.84 Å². The van der Waals surface area contributed by atoms with Crippen molar-refractivity contribution >= 4 is 27.1 Å².